The first-order valence-corrected chi connectivity index (χ1v) is 8.40. The van der Waals surface area contributed by atoms with Crippen LogP contribution in [0.5, 0.6) is 0 Å². The van der Waals surface area contributed by atoms with Crippen molar-refractivity contribution in [2.45, 2.75) is 24.7 Å². The number of benzene rings is 1. The van der Waals surface area contributed by atoms with Gasteiger partial charge in [0.2, 0.25) is 9.05 Å². The first-order valence-electron chi connectivity index (χ1n) is 5.92. The molecule has 2 bridgehead atoms. The van der Waals surface area contributed by atoms with Gasteiger partial charge in [-0.15, -0.1) is 0 Å². The zero-order chi connectivity index (χ0) is 13.9. The van der Waals surface area contributed by atoms with Crippen LogP contribution < -0.4 is 0 Å². The monoisotopic (exact) mass is 301 g/mol. The third-order valence-electron chi connectivity index (χ3n) is 4.29. The van der Waals surface area contributed by atoms with E-state index in [1.165, 1.54) is 6.07 Å². The molecule has 0 atom stereocenters. The average Bonchev–Trinajstić information content (AvgIpc) is 2.20. The molecule has 102 valence electrons. The van der Waals surface area contributed by atoms with Crippen molar-refractivity contribution in [3.05, 3.63) is 39.9 Å². The summed E-state index contributed by atoms with van der Waals surface area (Å²) >= 11 is 0. The van der Waals surface area contributed by atoms with Crippen LogP contribution in [0.25, 0.3) is 0 Å². The Labute approximate surface area is 115 Å². The number of para-hydroxylation sites is 1. The average molecular weight is 302 g/mol. The largest absolute Gasteiger partial charge is 0.273 e. The van der Waals surface area contributed by atoms with Crippen LogP contribution in [0.2, 0.25) is 0 Å². The molecule has 4 rings (SSSR count). The molecule has 3 saturated carbocycles. The first-order chi connectivity index (χ1) is 8.75. The van der Waals surface area contributed by atoms with Crippen LogP contribution in [0.1, 0.15) is 24.8 Å². The van der Waals surface area contributed by atoms with Gasteiger partial charge in [0, 0.05) is 27.7 Å². The summed E-state index contributed by atoms with van der Waals surface area (Å²) in [6.07, 6.45) is 2.03. The van der Waals surface area contributed by atoms with Gasteiger partial charge >= 0.3 is 0 Å². The SMILES string of the molecule is O=[N+]([O-])c1ccccc1C12CC(CS(=O)(=O)Cl)(C1)C2. The molecule has 3 aliphatic carbocycles. The van der Waals surface area contributed by atoms with Crippen LogP contribution in [0, 0.1) is 15.5 Å². The van der Waals surface area contributed by atoms with Crippen molar-refractivity contribution < 1.29 is 13.3 Å². The first kappa shape index (κ1) is 12.9. The van der Waals surface area contributed by atoms with Crippen molar-refractivity contribution in [3.8, 4) is 0 Å². The zero-order valence-corrected chi connectivity index (χ0v) is 11.6. The molecule has 0 unspecified atom stereocenters. The van der Waals surface area contributed by atoms with E-state index in [0.29, 0.717) is 19.3 Å². The predicted molar refractivity (Wildman–Crippen MR) is 70.7 cm³/mol. The van der Waals surface area contributed by atoms with Crippen molar-refractivity contribution in [1.29, 1.82) is 0 Å². The molecule has 3 fully saturated rings. The normalized spacial score (nSPS) is 32.3. The van der Waals surface area contributed by atoms with Crippen LogP contribution in [0.15, 0.2) is 24.3 Å². The molecule has 7 heteroatoms. The quantitative estimate of drug-likeness (QED) is 0.486. The Kier molecular flexibility index (Phi) is 2.51. The van der Waals surface area contributed by atoms with Crippen LogP contribution in [-0.4, -0.2) is 19.1 Å². The van der Waals surface area contributed by atoms with E-state index in [1.807, 2.05) is 0 Å². The Morgan fingerprint density at radius 1 is 1.26 bits per heavy atom. The van der Waals surface area contributed by atoms with E-state index < -0.39 is 9.05 Å². The minimum absolute atomic E-state index is 0.0239. The third-order valence-corrected chi connectivity index (χ3v) is 5.58. The molecule has 0 N–H and O–H groups in total. The standard InChI is InChI=1S/C12H12ClNO4S/c13-19(17,18)8-11-5-12(6-11,7-11)9-3-1-2-4-10(9)14(15)16/h1-4H,5-8H2. The smallest absolute Gasteiger partial charge is 0.258 e. The van der Waals surface area contributed by atoms with Gasteiger partial charge in [-0.05, 0) is 24.7 Å². The lowest BCUT2D eigenvalue weighted by molar-refractivity contribution is -0.387. The molecule has 0 spiro atoms. The highest BCUT2D eigenvalue weighted by atomic mass is 35.7. The van der Waals surface area contributed by atoms with E-state index >= 15 is 0 Å². The van der Waals surface area contributed by atoms with Crippen LogP contribution >= 0.6 is 10.7 Å². The summed E-state index contributed by atoms with van der Waals surface area (Å²) in [6, 6.07) is 6.71. The number of nitro groups is 1. The van der Waals surface area contributed by atoms with Crippen molar-refractivity contribution in [1.82, 2.24) is 0 Å². The van der Waals surface area contributed by atoms with Crippen LogP contribution in [0.4, 0.5) is 5.69 Å². The Balaban J connectivity index is 1.85. The lowest BCUT2D eigenvalue weighted by Crippen LogP contribution is -2.66. The molecule has 0 amide bonds. The number of nitro benzene ring substituents is 1. The summed E-state index contributed by atoms with van der Waals surface area (Å²) in [5.41, 5.74) is 0.411. The third kappa shape index (κ3) is 1.94. The fourth-order valence-electron chi connectivity index (χ4n) is 3.88. The van der Waals surface area contributed by atoms with E-state index in [2.05, 4.69) is 0 Å². The molecule has 19 heavy (non-hydrogen) atoms. The van der Waals surface area contributed by atoms with Gasteiger partial charge in [-0.1, -0.05) is 18.2 Å². The Hall–Kier alpha value is -1.14. The molecular formula is C12H12ClNO4S. The van der Waals surface area contributed by atoms with Crippen molar-refractivity contribution in [2.24, 2.45) is 5.41 Å². The molecule has 0 heterocycles. The number of nitrogens with zero attached hydrogens (tertiary/aromatic N) is 1. The number of hydrogen-bond donors (Lipinski definition) is 0. The van der Waals surface area contributed by atoms with Gasteiger partial charge in [-0.2, -0.15) is 0 Å². The summed E-state index contributed by atoms with van der Waals surface area (Å²) in [5, 5.41) is 11.0. The molecular weight excluding hydrogens is 290 g/mol. The van der Waals surface area contributed by atoms with Gasteiger partial charge in [0.05, 0.1) is 10.7 Å². The van der Waals surface area contributed by atoms with E-state index in [4.69, 9.17) is 10.7 Å². The van der Waals surface area contributed by atoms with Crippen LogP contribution in [-0.2, 0) is 14.5 Å². The van der Waals surface area contributed by atoms with Crippen molar-refractivity contribution in [2.75, 3.05) is 5.75 Å². The highest BCUT2D eigenvalue weighted by Crippen LogP contribution is 2.74. The van der Waals surface area contributed by atoms with Gasteiger partial charge in [0.15, 0.2) is 0 Å². The molecule has 0 saturated heterocycles. The van der Waals surface area contributed by atoms with Gasteiger partial charge in [0.25, 0.3) is 5.69 Å². The molecule has 5 nitrogen and oxygen atoms in total. The molecule has 0 aromatic heterocycles. The highest BCUT2D eigenvalue weighted by Gasteiger charge is 2.70. The summed E-state index contributed by atoms with van der Waals surface area (Å²) < 4.78 is 22.3. The Morgan fingerprint density at radius 2 is 1.84 bits per heavy atom. The van der Waals surface area contributed by atoms with Gasteiger partial charge in [-0.3, -0.25) is 10.1 Å². The fraction of sp³-hybridized carbons (Fsp3) is 0.500. The lowest BCUT2D eigenvalue weighted by atomic mass is 9.34. The Morgan fingerprint density at radius 3 is 2.37 bits per heavy atom. The van der Waals surface area contributed by atoms with E-state index in [-0.39, 0.29) is 27.2 Å². The minimum Gasteiger partial charge on any atom is -0.258 e. The van der Waals surface area contributed by atoms with E-state index in [1.54, 1.807) is 18.2 Å². The molecule has 0 aliphatic heterocycles. The summed E-state index contributed by atoms with van der Waals surface area (Å²) in [4.78, 5) is 10.6. The Bertz CT molecular complexity index is 650. The maximum atomic E-state index is 11.1. The van der Waals surface area contributed by atoms with Crippen molar-refractivity contribution in [3.63, 3.8) is 0 Å². The predicted octanol–water partition coefficient (Wildman–Crippen LogP) is 2.59. The van der Waals surface area contributed by atoms with E-state index in [9.17, 15) is 18.5 Å². The summed E-state index contributed by atoms with van der Waals surface area (Å²) in [7, 11) is 1.79. The second-order valence-electron chi connectivity index (χ2n) is 5.77. The maximum absolute atomic E-state index is 11.1. The zero-order valence-electron chi connectivity index (χ0n) is 10.0. The number of halogens is 1. The van der Waals surface area contributed by atoms with Gasteiger partial charge < -0.3 is 0 Å². The van der Waals surface area contributed by atoms with Gasteiger partial charge in [-0.25, -0.2) is 8.42 Å². The number of rotatable bonds is 4. The summed E-state index contributed by atoms with van der Waals surface area (Å²) in [6.45, 7) is 0. The lowest BCUT2D eigenvalue weighted by Gasteiger charge is -2.70. The topological polar surface area (TPSA) is 77.3 Å². The van der Waals surface area contributed by atoms with Crippen molar-refractivity contribution >= 4 is 25.4 Å². The second-order valence-corrected chi connectivity index (χ2v) is 8.55. The fourth-order valence-corrected chi connectivity index (χ4v) is 5.62. The highest BCUT2D eigenvalue weighted by molar-refractivity contribution is 8.13. The van der Waals surface area contributed by atoms with Crippen LogP contribution in [0.3, 0.4) is 0 Å². The molecule has 3 aliphatic rings. The molecule has 1 aromatic carbocycles. The molecule has 0 radical (unpaired) electrons. The summed E-state index contributed by atoms with van der Waals surface area (Å²) in [5.74, 6) is -0.0239. The molecule has 1 aromatic rings. The number of hydrogen-bond acceptors (Lipinski definition) is 4. The second kappa shape index (κ2) is 3.70. The van der Waals surface area contributed by atoms with Gasteiger partial charge in [0.1, 0.15) is 0 Å². The maximum Gasteiger partial charge on any atom is 0.273 e. The minimum atomic E-state index is -3.50. The van der Waals surface area contributed by atoms with E-state index in [0.717, 1.165) is 5.56 Å².